The Morgan fingerprint density at radius 3 is 3.11 bits per heavy atom. The smallest absolute Gasteiger partial charge is 0.250 e. The maximum atomic E-state index is 11.7. The molecule has 0 radical (unpaired) electrons. The number of nitrogens with one attached hydrogen (secondary N) is 1. The number of rotatable bonds is 5. The zero-order valence-corrected chi connectivity index (χ0v) is 10.1. The van der Waals surface area contributed by atoms with Gasteiger partial charge in [0.1, 0.15) is 6.10 Å². The maximum Gasteiger partial charge on any atom is 0.250 e. The van der Waals surface area contributed by atoms with Crippen molar-refractivity contribution in [1.29, 1.82) is 0 Å². The summed E-state index contributed by atoms with van der Waals surface area (Å²) in [5.74, 6) is 1.14. The number of fused-ring (bicyclic) bond motifs is 1. The molecule has 2 rings (SSSR count). The van der Waals surface area contributed by atoms with E-state index in [9.17, 15) is 4.79 Å². The molecular formula is C12H16N2O4. The molecule has 0 spiro atoms. The minimum atomic E-state index is -0.626. The lowest BCUT2D eigenvalue weighted by atomic mass is 10.2. The summed E-state index contributed by atoms with van der Waals surface area (Å²) in [5, 5.41) is 2.75. The van der Waals surface area contributed by atoms with Gasteiger partial charge in [-0.15, -0.1) is 0 Å². The molecule has 1 amide bonds. The molecule has 0 saturated heterocycles. The highest BCUT2D eigenvalue weighted by Crippen LogP contribution is 2.35. The summed E-state index contributed by atoms with van der Waals surface area (Å²) in [6.07, 6.45) is -0.626. The van der Waals surface area contributed by atoms with Gasteiger partial charge in [-0.1, -0.05) is 12.1 Å². The van der Waals surface area contributed by atoms with Crippen LogP contribution >= 0.6 is 0 Å². The van der Waals surface area contributed by atoms with E-state index in [0.717, 1.165) is 5.56 Å². The third kappa shape index (κ3) is 2.55. The number of benzene rings is 1. The summed E-state index contributed by atoms with van der Waals surface area (Å²) in [7, 11) is 1.45. The third-order valence-corrected chi connectivity index (χ3v) is 2.72. The number of carbonyl (C=O) groups excluding carboxylic acids is 1. The van der Waals surface area contributed by atoms with Gasteiger partial charge in [0.2, 0.25) is 6.79 Å². The Bertz CT molecular complexity index is 432. The lowest BCUT2D eigenvalue weighted by molar-refractivity contribution is -0.130. The standard InChI is InChI=1S/C12H16N2O4/c1-16-10(5-13)12(15)14-6-8-3-2-4-9-11(8)18-7-17-9/h2-4,10H,5-7,13H2,1H3,(H,14,15). The molecule has 0 aliphatic carbocycles. The molecule has 1 heterocycles. The predicted octanol–water partition coefficient (Wildman–Crippen LogP) is 0.00520. The summed E-state index contributed by atoms with van der Waals surface area (Å²) in [5.41, 5.74) is 6.28. The monoisotopic (exact) mass is 252 g/mol. The predicted molar refractivity (Wildman–Crippen MR) is 64.3 cm³/mol. The van der Waals surface area contributed by atoms with E-state index in [1.54, 1.807) is 0 Å². The summed E-state index contributed by atoms with van der Waals surface area (Å²) in [6.45, 7) is 0.712. The van der Waals surface area contributed by atoms with Gasteiger partial charge >= 0.3 is 0 Å². The van der Waals surface area contributed by atoms with Crippen LogP contribution in [-0.4, -0.2) is 32.5 Å². The van der Waals surface area contributed by atoms with E-state index < -0.39 is 6.10 Å². The average molecular weight is 252 g/mol. The molecule has 3 N–H and O–H groups in total. The van der Waals surface area contributed by atoms with Crippen molar-refractivity contribution in [1.82, 2.24) is 5.32 Å². The van der Waals surface area contributed by atoms with Crippen molar-refractivity contribution in [2.45, 2.75) is 12.6 Å². The molecule has 0 fully saturated rings. The summed E-state index contributed by atoms with van der Waals surface area (Å²) in [6, 6.07) is 5.55. The lowest BCUT2D eigenvalue weighted by Crippen LogP contribution is -2.40. The van der Waals surface area contributed by atoms with Crippen molar-refractivity contribution < 1.29 is 19.0 Å². The highest BCUT2D eigenvalue weighted by atomic mass is 16.7. The Balaban J connectivity index is 1.99. The van der Waals surface area contributed by atoms with Crippen LogP contribution in [0.4, 0.5) is 0 Å². The average Bonchev–Trinajstić information content (AvgIpc) is 2.86. The summed E-state index contributed by atoms with van der Waals surface area (Å²) < 4.78 is 15.6. The molecule has 0 bridgehead atoms. The molecule has 1 atom stereocenters. The maximum absolute atomic E-state index is 11.7. The molecule has 1 aromatic carbocycles. The van der Waals surface area contributed by atoms with Gasteiger partial charge in [-0.05, 0) is 6.07 Å². The molecule has 6 heteroatoms. The van der Waals surface area contributed by atoms with Crippen LogP contribution in [0.15, 0.2) is 18.2 Å². The Morgan fingerprint density at radius 2 is 2.39 bits per heavy atom. The Labute approximate surface area is 105 Å². The second-order valence-corrected chi connectivity index (χ2v) is 3.83. The number of hydrogen-bond donors (Lipinski definition) is 2. The highest BCUT2D eigenvalue weighted by Gasteiger charge is 2.19. The second-order valence-electron chi connectivity index (χ2n) is 3.83. The van der Waals surface area contributed by atoms with Crippen LogP contribution in [0.1, 0.15) is 5.56 Å². The normalized spacial score (nSPS) is 14.3. The first-order valence-corrected chi connectivity index (χ1v) is 5.64. The molecule has 0 aromatic heterocycles. The Hall–Kier alpha value is -1.79. The summed E-state index contributed by atoms with van der Waals surface area (Å²) >= 11 is 0. The second kappa shape index (κ2) is 5.70. The fourth-order valence-corrected chi connectivity index (χ4v) is 1.74. The zero-order valence-electron chi connectivity index (χ0n) is 10.1. The van der Waals surface area contributed by atoms with E-state index in [1.807, 2.05) is 18.2 Å². The van der Waals surface area contributed by atoms with Crippen LogP contribution in [-0.2, 0) is 16.1 Å². The minimum Gasteiger partial charge on any atom is -0.454 e. The number of para-hydroxylation sites is 1. The number of methoxy groups -OCH3 is 1. The van der Waals surface area contributed by atoms with Gasteiger partial charge in [-0.3, -0.25) is 4.79 Å². The highest BCUT2D eigenvalue weighted by molar-refractivity contribution is 5.81. The fourth-order valence-electron chi connectivity index (χ4n) is 1.74. The number of amides is 1. The molecule has 1 aliphatic heterocycles. The molecule has 0 saturated carbocycles. The van der Waals surface area contributed by atoms with Gasteiger partial charge in [-0.2, -0.15) is 0 Å². The molecule has 1 aliphatic rings. The molecule has 1 unspecified atom stereocenters. The van der Waals surface area contributed by atoms with Gasteiger partial charge < -0.3 is 25.3 Å². The van der Waals surface area contributed by atoms with Crippen molar-refractivity contribution in [3.63, 3.8) is 0 Å². The van der Waals surface area contributed by atoms with Crippen LogP contribution in [0.2, 0.25) is 0 Å². The Kier molecular flexibility index (Phi) is 4.01. The van der Waals surface area contributed by atoms with Gasteiger partial charge in [0, 0.05) is 25.8 Å². The quantitative estimate of drug-likeness (QED) is 0.771. The van der Waals surface area contributed by atoms with Gasteiger partial charge in [0.15, 0.2) is 11.5 Å². The SMILES string of the molecule is COC(CN)C(=O)NCc1cccc2c1OCO2. The summed E-state index contributed by atoms with van der Waals surface area (Å²) in [4.78, 5) is 11.7. The molecule has 18 heavy (non-hydrogen) atoms. The van der Waals surface area contributed by atoms with Crippen molar-refractivity contribution >= 4 is 5.91 Å². The zero-order chi connectivity index (χ0) is 13.0. The number of nitrogens with two attached hydrogens (primary N) is 1. The van der Waals surface area contributed by atoms with Gasteiger partial charge in [0.25, 0.3) is 5.91 Å². The lowest BCUT2D eigenvalue weighted by Gasteiger charge is -2.13. The van der Waals surface area contributed by atoms with Crippen molar-refractivity contribution in [2.24, 2.45) is 5.73 Å². The van der Waals surface area contributed by atoms with Crippen molar-refractivity contribution in [3.8, 4) is 11.5 Å². The topological polar surface area (TPSA) is 82.8 Å². The minimum absolute atomic E-state index is 0.148. The largest absolute Gasteiger partial charge is 0.454 e. The van der Waals surface area contributed by atoms with Crippen molar-refractivity contribution in [3.05, 3.63) is 23.8 Å². The van der Waals surface area contributed by atoms with Crippen LogP contribution in [0.25, 0.3) is 0 Å². The van der Waals surface area contributed by atoms with Crippen LogP contribution in [0.5, 0.6) is 11.5 Å². The van der Waals surface area contributed by atoms with Crippen LogP contribution < -0.4 is 20.5 Å². The van der Waals surface area contributed by atoms with E-state index in [0.29, 0.717) is 18.0 Å². The van der Waals surface area contributed by atoms with E-state index in [1.165, 1.54) is 7.11 Å². The van der Waals surface area contributed by atoms with Crippen molar-refractivity contribution in [2.75, 3.05) is 20.4 Å². The van der Waals surface area contributed by atoms with Crippen LogP contribution in [0.3, 0.4) is 0 Å². The number of ether oxygens (including phenoxy) is 3. The fraction of sp³-hybridized carbons (Fsp3) is 0.417. The molecule has 1 aromatic rings. The molecular weight excluding hydrogens is 236 g/mol. The van der Waals surface area contributed by atoms with E-state index >= 15 is 0 Å². The van der Waals surface area contributed by atoms with Gasteiger partial charge in [-0.25, -0.2) is 0 Å². The first kappa shape index (κ1) is 12.7. The van der Waals surface area contributed by atoms with E-state index in [2.05, 4.69) is 5.32 Å². The number of hydrogen-bond acceptors (Lipinski definition) is 5. The van der Waals surface area contributed by atoms with E-state index in [4.69, 9.17) is 19.9 Å². The first-order chi connectivity index (χ1) is 8.76. The van der Waals surface area contributed by atoms with Gasteiger partial charge in [0.05, 0.1) is 0 Å². The first-order valence-electron chi connectivity index (χ1n) is 5.64. The molecule has 98 valence electrons. The van der Waals surface area contributed by atoms with Crippen LogP contribution in [0, 0.1) is 0 Å². The third-order valence-electron chi connectivity index (χ3n) is 2.72. The molecule has 6 nitrogen and oxygen atoms in total. The number of carbonyl (C=O) groups is 1. The Morgan fingerprint density at radius 1 is 1.56 bits per heavy atom. The van der Waals surface area contributed by atoms with E-state index in [-0.39, 0.29) is 19.2 Å².